The van der Waals surface area contributed by atoms with Gasteiger partial charge in [0, 0.05) is 31.4 Å². The van der Waals surface area contributed by atoms with Crippen molar-refractivity contribution in [3.63, 3.8) is 0 Å². The highest BCUT2D eigenvalue weighted by molar-refractivity contribution is 5.93. The zero-order valence-electron chi connectivity index (χ0n) is 15.4. The van der Waals surface area contributed by atoms with E-state index >= 15 is 0 Å². The van der Waals surface area contributed by atoms with Crippen LogP contribution in [0.1, 0.15) is 51.9 Å². The first-order valence-corrected chi connectivity index (χ1v) is 9.01. The number of hydrogen-bond acceptors (Lipinski definition) is 5. The minimum Gasteiger partial charge on any atom is -0.459 e. The number of piperidine rings is 1. The third-order valence-corrected chi connectivity index (χ3v) is 4.48. The van der Waals surface area contributed by atoms with E-state index in [4.69, 9.17) is 4.42 Å². The molecule has 1 atom stereocenters. The fourth-order valence-electron chi connectivity index (χ4n) is 2.99. The lowest BCUT2D eigenvalue weighted by Crippen LogP contribution is -2.32. The number of hydrogen-bond donors (Lipinski definition) is 3. The van der Waals surface area contributed by atoms with Gasteiger partial charge in [-0.05, 0) is 44.9 Å². The molecule has 2 amide bonds. The molecule has 0 aromatic carbocycles. The Morgan fingerprint density at radius 2 is 2.07 bits per heavy atom. The molecule has 1 fully saturated rings. The van der Waals surface area contributed by atoms with E-state index in [1.54, 1.807) is 12.1 Å². The van der Waals surface area contributed by atoms with Gasteiger partial charge in [-0.25, -0.2) is 0 Å². The number of carbonyl (C=O) groups excluding carboxylic acids is 2. The van der Waals surface area contributed by atoms with E-state index in [2.05, 4.69) is 21.0 Å². The highest BCUT2D eigenvalue weighted by Crippen LogP contribution is 2.15. The number of carbonyl (C=O) groups is 2. The van der Waals surface area contributed by atoms with Gasteiger partial charge >= 0.3 is 0 Å². The lowest BCUT2D eigenvalue weighted by Gasteiger charge is -2.22. The van der Waals surface area contributed by atoms with Crippen molar-refractivity contribution in [1.82, 2.24) is 25.7 Å². The summed E-state index contributed by atoms with van der Waals surface area (Å²) in [4.78, 5) is 24.1. The van der Waals surface area contributed by atoms with Crippen LogP contribution in [-0.4, -0.2) is 47.8 Å². The maximum Gasteiger partial charge on any atom is 0.287 e. The molecule has 9 heteroatoms. The van der Waals surface area contributed by atoms with E-state index in [-0.39, 0.29) is 24.2 Å². The lowest BCUT2D eigenvalue weighted by molar-refractivity contribution is 0.0924. The predicted octanol–water partition coefficient (Wildman–Crippen LogP) is 1.68. The van der Waals surface area contributed by atoms with Gasteiger partial charge in [-0.3, -0.25) is 14.3 Å². The van der Waals surface area contributed by atoms with Crippen LogP contribution in [0.2, 0.25) is 0 Å². The quantitative estimate of drug-likeness (QED) is 0.619. The van der Waals surface area contributed by atoms with Crippen LogP contribution < -0.4 is 16.0 Å². The Bertz CT molecular complexity index is 752. The standard InChI is InChI=1S/C18H25N5O3.ClH/c1-13-6-11-26-16(13)18(25)21-9-3-8-20-17(24)15-5-10-23(22-15)14-4-2-7-19-12-14;/h5-6,10-11,14,19H,2-4,7-9,12H2,1H3,(H,20,24)(H,21,25);1H. The van der Waals surface area contributed by atoms with Crippen LogP contribution in [0, 0.1) is 6.92 Å². The van der Waals surface area contributed by atoms with Gasteiger partial charge in [-0.2, -0.15) is 5.10 Å². The molecule has 0 bridgehead atoms. The Hall–Kier alpha value is -2.32. The van der Waals surface area contributed by atoms with Gasteiger partial charge in [-0.15, -0.1) is 12.4 Å². The molecule has 8 nitrogen and oxygen atoms in total. The van der Waals surface area contributed by atoms with E-state index in [1.807, 2.05) is 17.8 Å². The molecule has 148 valence electrons. The third kappa shape index (κ3) is 5.58. The van der Waals surface area contributed by atoms with Gasteiger partial charge in [0.1, 0.15) is 5.69 Å². The van der Waals surface area contributed by atoms with Crippen molar-refractivity contribution in [1.29, 1.82) is 0 Å². The van der Waals surface area contributed by atoms with Gasteiger partial charge in [-0.1, -0.05) is 0 Å². The molecule has 1 aliphatic rings. The maximum absolute atomic E-state index is 12.2. The normalized spacial score (nSPS) is 16.4. The molecule has 3 rings (SSSR count). The fourth-order valence-corrected chi connectivity index (χ4v) is 2.99. The van der Waals surface area contributed by atoms with Crippen LogP contribution in [0.4, 0.5) is 0 Å². The maximum atomic E-state index is 12.2. The Balaban J connectivity index is 0.00000261. The Kier molecular flexibility index (Phi) is 7.87. The molecule has 27 heavy (non-hydrogen) atoms. The summed E-state index contributed by atoms with van der Waals surface area (Å²) in [5, 5.41) is 13.3. The summed E-state index contributed by atoms with van der Waals surface area (Å²) in [5.74, 6) is -0.101. The molecule has 0 aliphatic carbocycles. The summed E-state index contributed by atoms with van der Waals surface area (Å²) in [5.41, 5.74) is 1.23. The summed E-state index contributed by atoms with van der Waals surface area (Å²) < 4.78 is 7.00. The monoisotopic (exact) mass is 395 g/mol. The van der Waals surface area contributed by atoms with E-state index in [9.17, 15) is 9.59 Å². The van der Waals surface area contributed by atoms with Gasteiger partial charge in [0.05, 0.1) is 12.3 Å². The summed E-state index contributed by atoms with van der Waals surface area (Å²) in [6.45, 7) is 4.68. The highest BCUT2D eigenvalue weighted by Gasteiger charge is 2.17. The van der Waals surface area contributed by atoms with Crippen molar-refractivity contribution in [3.8, 4) is 0 Å². The molecule has 0 radical (unpaired) electrons. The van der Waals surface area contributed by atoms with E-state index in [0.717, 1.165) is 31.5 Å². The number of halogens is 1. The van der Waals surface area contributed by atoms with E-state index in [1.165, 1.54) is 6.26 Å². The number of rotatable bonds is 7. The number of aryl methyl sites for hydroxylation is 1. The second-order valence-electron chi connectivity index (χ2n) is 6.48. The summed E-state index contributed by atoms with van der Waals surface area (Å²) in [6.07, 6.45) is 6.18. The van der Waals surface area contributed by atoms with Crippen molar-refractivity contribution < 1.29 is 14.0 Å². The van der Waals surface area contributed by atoms with Crippen LogP contribution in [0.15, 0.2) is 29.0 Å². The zero-order valence-corrected chi connectivity index (χ0v) is 16.2. The SMILES string of the molecule is Cc1ccoc1C(=O)NCCCNC(=O)c1ccn(C2CCCNC2)n1.Cl. The summed E-state index contributed by atoms with van der Waals surface area (Å²) in [6, 6.07) is 3.80. The molecule has 3 N–H and O–H groups in total. The minimum atomic E-state index is -0.237. The average Bonchev–Trinajstić information content (AvgIpc) is 3.31. The fraction of sp³-hybridized carbons (Fsp3) is 0.500. The van der Waals surface area contributed by atoms with Gasteiger partial charge in [0.25, 0.3) is 11.8 Å². The van der Waals surface area contributed by atoms with Crippen LogP contribution in [0.5, 0.6) is 0 Å². The Morgan fingerprint density at radius 1 is 1.30 bits per heavy atom. The van der Waals surface area contributed by atoms with Crippen molar-refractivity contribution in [2.75, 3.05) is 26.2 Å². The first-order valence-electron chi connectivity index (χ1n) is 9.01. The van der Waals surface area contributed by atoms with E-state index < -0.39 is 0 Å². The molecule has 1 saturated heterocycles. The molecule has 2 aromatic rings. The topological polar surface area (TPSA) is 101 Å². The van der Waals surface area contributed by atoms with E-state index in [0.29, 0.717) is 37.0 Å². The van der Waals surface area contributed by atoms with Crippen LogP contribution in [0.3, 0.4) is 0 Å². The molecule has 1 aliphatic heterocycles. The first-order chi connectivity index (χ1) is 12.6. The van der Waals surface area contributed by atoms with Gasteiger partial charge < -0.3 is 20.4 Å². The second kappa shape index (κ2) is 10.1. The second-order valence-corrected chi connectivity index (χ2v) is 6.48. The minimum absolute atomic E-state index is 0. The number of amides is 2. The predicted molar refractivity (Wildman–Crippen MR) is 103 cm³/mol. The molecular formula is C18H26ClN5O3. The summed E-state index contributed by atoms with van der Waals surface area (Å²) >= 11 is 0. The van der Waals surface area contributed by atoms with Crippen LogP contribution in [0.25, 0.3) is 0 Å². The van der Waals surface area contributed by atoms with Crippen molar-refractivity contribution in [3.05, 3.63) is 41.6 Å². The number of nitrogens with zero attached hydrogens (tertiary/aromatic N) is 2. The van der Waals surface area contributed by atoms with Gasteiger partial charge in [0.15, 0.2) is 5.76 Å². The van der Waals surface area contributed by atoms with Crippen LogP contribution in [-0.2, 0) is 0 Å². The molecule has 2 aromatic heterocycles. The Morgan fingerprint density at radius 3 is 2.74 bits per heavy atom. The van der Waals surface area contributed by atoms with Gasteiger partial charge in [0.2, 0.25) is 0 Å². The lowest BCUT2D eigenvalue weighted by atomic mass is 10.1. The average molecular weight is 396 g/mol. The molecular weight excluding hydrogens is 370 g/mol. The number of nitrogens with one attached hydrogen (secondary N) is 3. The summed E-state index contributed by atoms with van der Waals surface area (Å²) in [7, 11) is 0. The molecule has 3 heterocycles. The van der Waals surface area contributed by atoms with Crippen molar-refractivity contribution in [2.24, 2.45) is 0 Å². The number of aromatic nitrogens is 2. The highest BCUT2D eigenvalue weighted by atomic mass is 35.5. The van der Waals surface area contributed by atoms with Crippen molar-refractivity contribution in [2.45, 2.75) is 32.2 Å². The smallest absolute Gasteiger partial charge is 0.287 e. The van der Waals surface area contributed by atoms with Crippen LogP contribution >= 0.6 is 12.4 Å². The third-order valence-electron chi connectivity index (χ3n) is 4.48. The molecule has 1 unspecified atom stereocenters. The zero-order chi connectivity index (χ0) is 18.4. The van der Waals surface area contributed by atoms with Crippen molar-refractivity contribution >= 4 is 24.2 Å². The first kappa shape index (κ1) is 21.0. The Labute approximate surface area is 164 Å². The largest absolute Gasteiger partial charge is 0.459 e. The number of furan rings is 1. The molecule has 0 saturated carbocycles. The molecule has 0 spiro atoms.